The summed E-state index contributed by atoms with van der Waals surface area (Å²) in [6, 6.07) is 10.5. The molecule has 0 aliphatic carbocycles. The zero-order valence-corrected chi connectivity index (χ0v) is 14.1. The van der Waals surface area contributed by atoms with Gasteiger partial charge in [0.1, 0.15) is 11.4 Å². The summed E-state index contributed by atoms with van der Waals surface area (Å²) >= 11 is 0. The molecule has 0 bridgehead atoms. The van der Waals surface area contributed by atoms with Crippen molar-refractivity contribution in [3.05, 3.63) is 36.0 Å². The summed E-state index contributed by atoms with van der Waals surface area (Å²) in [5.74, 6) is 1.63. The van der Waals surface area contributed by atoms with E-state index >= 15 is 0 Å². The van der Waals surface area contributed by atoms with Crippen molar-refractivity contribution in [2.45, 2.75) is 39.2 Å². The number of rotatable bonds is 3. The number of nitrogens with zero attached hydrogens (tertiary/aromatic N) is 2. The van der Waals surface area contributed by atoms with E-state index in [1.54, 1.807) is 0 Å². The fourth-order valence-electron chi connectivity index (χ4n) is 3.16. The molecular weight excluding hydrogens is 272 g/mol. The van der Waals surface area contributed by atoms with E-state index in [1.807, 2.05) is 6.07 Å². The van der Waals surface area contributed by atoms with Gasteiger partial charge in [-0.1, -0.05) is 6.07 Å². The third kappa shape index (κ3) is 3.77. The number of aromatic nitrogens is 1. The van der Waals surface area contributed by atoms with Gasteiger partial charge in [0.2, 0.25) is 0 Å². The summed E-state index contributed by atoms with van der Waals surface area (Å²) < 4.78 is 5.95. The molecule has 1 unspecified atom stereocenters. The monoisotopic (exact) mass is 298 g/mol. The van der Waals surface area contributed by atoms with E-state index in [1.165, 1.54) is 30.6 Å². The number of fused-ring (bicyclic) bond motifs is 1. The maximum atomic E-state index is 5.95. The Hall–Kier alpha value is -1.61. The van der Waals surface area contributed by atoms with Crippen LogP contribution in [0.4, 0.5) is 0 Å². The Bertz CT molecular complexity index is 660. The van der Waals surface area contributed by atoms with Gasteiger partial charge < -0.3 is 9.64 Å². The average Bonchev–Trinajstić information content (AvgIpc) is 2.82. The third-order valence-electron chi connectivity index (χ3n) is 4.13. The maximum absolute atomic E-state index is 5.95. The Labute approximate surface area is 133 Å². The number of hydrogen-bond acceptors (Lipinski definition) is 3. The molecule has 0 radical (unpaired) electrons. The van der Waals surface area contributed by atoms with Crippen molar-refractivity contribution in [2.75, 3.05) is 20.1 Å². The second kappa shape index (κ2) is 5.88. The van der Waals surface area contributed by atoms with Gasteiger partial charge in [-0.15, -0.1) is 0 Å². The van der Waals surface area contributed by atoms with Crippen molar-refractivity contribution in [3.8, 4) is 5.75 Å². The van der Waals surface area contributed by atoms with Crippen LogP contribution in [0.2, 0.25) is 0 Å². The first-order valence-corrected chi connectivity index (χ1v) is 8.16. The average molecular weight is 298 g/mol. The van der Waals surface area contributed by atoms with Crippen molar-refractivity contribution >= 4 is 10.9 Å². The van der Waals surface area contributed by atoms with Gasteiger partial charge in [-0.3, -0.25) is 4.98 Å². The fraction of sp³-hybridized carbons (Fsp3) is 0.526. The lowest BCUT2D eigenvalue weighted by atomic mass is 10.0. The Balaban J connectivity index is 1.81. The van der Waals surface area contributed by atoms with Crippen LogP contribution in [0.15, 0.2) is 30.3 Å². The lowest BCUT2D eigenvalue weighted by Gasteiger charge is -2.21. The standard InChI is InChI=1S/C19H26N2O/c1-19(2,3)22-17-8-6-15-5-7-16(20-18(15)12-17)11-14-9-10-21(4)13-14/h5-8,12,14H,9-11,13H2,1-4H3. The first kappa shape index (κ1) is 15.3. The highest BCUT2D eigenvalue weighted by atomic mass is 16.5. The van der Waals surface area contributed by atoms with Crippen LogP contribution in [0.3, 0.4) is 0 Å². The summed E-state index contributed by atoms with van der Waals surface area (Å²) in [5, 5.41) is 1.17. The third-order valence-corrected chi connectivity index (χ3v) is 4.13. The summed E-state index contributed by atoms with van der Waals surface area (Å²) in [5.41, 5.74) is 2.05. The number of likely N-dealkylation sites (tertiary alicyclic amines) is 1. The predicted molar refractivity (Wildman–Crippen MR) is 91.4 cm³/mol. The zero-order chi connectivity index (χ0) is 15.7. The molecule has 22 heavy (non-hydrogen) atoms. The minimum absolute atomic E-state index is 0.181. The topological polar surface area (TPSA) is 25.4 Å². The van der Waals surface area contributed by atoms with Gasteiger partial charge in [-0.2, -0.15) is 0 Å². The molecule has 1 aromatic heterocycles. The largest absolute Gasteiger partial charge is 0.488 e. The molecule has 3 heteroatoms. The van der Waals surface area contributed by atoms with E-state index in [4.69, 9.17) is 9.72 Å². The molecule has 0 spiro atoms. The van der Waals surface area contributed by atoms with Crippen molar-refractivity contribution in [1.82, 2.24) is 9.88 Å². The molecule has 2 aromatic rings. The normalized spacial score (nSPS) is 19.7. The van der Waals surface area contributed by atoms with Crippen LogP contribution in [0.5, 0.6) is 5.75 Å². The first-order chi connectivity index (χ1) is 10.4. The van der Waals surface area contributed by atoms with Crippen LogP contribution in [-0.4, -0.2) is 35.6 Å². The lowest BCUT2D eigenvalue weighted by Crippen LogP contribution is -2.22. The molecule has 1 atom stereocenters. The molecule has 3 rings (SSSR count). The van der Waals surface area contributed by atoms with E-state index in [2.05, 4.69) is 57.0 Å². The Morgan fingerprint density at radius 3 is 2.68 bits per heavy atom. The number of benzene rings is 1. The van der Waals surface area contributed by atoms with Gasteiger partial charge in [-0.25, -0.2) is 0 Å². The zero-order valence-electron chi connectivity index (χ0n) is 14.1. The predicted octanol–water partition coefficient (Wildman–Crippen LogP) is 3.91. The van der Waals surface area contributed by atoms with Gasteiger partial charge in [0.25, 0.3) is 0 Å². The Kier molecular flexibility index (Phi) is 4.09. The number of pyridine rings is 1. The van der Waals surface area contributed by atoms with Crippen LogP contribution in [0.25, 0.3) is 10.9 Å². The smallest absolute Gasteiger partial charge is 0.122 e. The molecule has 1 fully saturated rings. The van der Waals surface area contributed by atoms with Crippen LogP contribution >= 0.6 is 0 Å². The van der Waals surface area contributed by atoms with Crippen molar-refractivity contribution in [1.29, 1.82) is 0 Å². The minimum Gasteiger partial charge on any atom is -0.488 e. The molecule has 1 aromatic carbocycles. The molecule has 0 amide bonds. The maximum Gasteiger partial charge on any atom is 0.122 e. The molecule has 118 valence electrons. The van der Waals surface area contributed by atoms with Gasteiger partial charge in [0.15, 0.2) is 0 Å². The van der Waals surface area contributed by atoms with Crippen LogP contribution in [0.1, 0.15) is 32.9 Å². The molecule has 1 saturated heterocycles. The van der Waals surface area contributed by atoms with Crippen molar-refractivity contribution < 1.29 is 4.74 Å². The summed E-state index contributed by atoms with van der Waals surface area (Å²) in [6.07, 6.45) is 2.36. The van der Waals surface area contributed by atoms with E-state index in [-0.39, 0.29) is 5.60 Å². The quantitative estimate of drug-likeness (QED) is 0.859. The Morgan fingerprint density at radius 2 is 2.00 bits per heavy atom. The highest BCUT2D eigenvalue weighted by molar-refractivity contribution is 5.80. The summed E-state index contributed by atoms with van der Waals surface area (Å²) in [7, 11) is 2.20. The molecule has 2 heterocycles. The van der Waals surface area contributed by atoms with E-state index in [0.29, 0.717) is 0 Å². The van der Waals surface area contributed by atoms with E-state index in [0.717, 1.165) is 23.6 Å². The van der Waals surface area contributed by atoms with Gasteiger partial charge >= 0.3 is 0 Å². The molecule has 1 aliphatic heterocycles. The molecule has 3 nitrogen and oxygen atoms in total. The van der Waals surface area contributed by atoms with E-state index in [9.17, 15) is 0 Å². The molecule has 0 saturated carbocycles. The van der Waals surface area contributed by atoms with Gasteiger partial charge in [0, 0.05) is 23.7 Å². The molecule has 0 N–H and O–H groups in total. The van der Waals surface area contributed by atoms with Crippen molar-refractivity contribution in [2.24, 2.45) is 5.92 Å². The van der Waals surface area contributed by atoms with Gasteiger partial charge in [0.05, 0.1) is 5.52 Å². The Morgan fingerprint density at radius 1 is 1.23 bits per heavy atom. The molecular formula is C19H26N2O. The highest BCUT2D eigenvalue weighted by Crippen LogP contribution is 2.25. The van der Waals surface area contributed by atoms with Crippen LogP contribution in [-0.2, 0) is 6.42 Å². The molecule has 1 aliphatic rings. The summed E-state index contributed by atoms with van der Waals surface area (Å²) in [4.78, 5) is 7.26. The second-order valence-corrected chi connectivity index (χ2v) is 7.49. The fourth-order valence-corrected chi connectivity index (χ4v) is 3.16. The highest BCUT2D eigenvalue weighted by Gasteiger charge is 2.20. The number of hydrogen-bond donors (Lipinski definition) is 0. The number of ether oxygens (including phenoxy) is 1. The van der Waals surface area contributed by atoms with Crippen LogP contribution in [0, 0.1) is 5.92 Å². The lowest BCUT2D eigenvalue weighted by molar-refractivity contribution is 0.131. The first-order valence-electron chi connectivity index (χ1n) is 8.16. The SMILES string of the molecule is CN1CCC(Cc2ccc3ccc(OC(C)(C)C)cc3n2)C1. The van der Waals surface area contributed by atoms with Crippen LogP contribution < -0.4 is 4.74 Å². The van der Waals surface area contributed by atoms with Crippen molar-refractivity contribution in [3.63, 3.8) is 0 Å². The van der Waals surface area contributed by atoms with Gasteiger partial charge in [-0.05, 0) is 71.3 Å². The second-order valence-electron chi connectivity index (χ2n) is 7.49. The minimum atomic E-state index is -0.181. The summed E-state index contributed by atoms with van der Waals surface area (Å²) in [6.45, 7) is 8.60. The van der Waals surface area contributed by atoms with E-state index < -0.39 is 0 Å².